The standard InChI is InChI=1S/C54H98O6/c1-4-7-10-13-16-19-22-25-26-27-28-30-32-35-38-41-44-47-53(56)59-50-51(49-58-52(55)46-43-40-37-34-31-24-21-18-15-12-9-6-3)60-54(57)48-45-42-39-36-33-29-23-20-17-14-11-8-5-2/h16,19,25-26,28,30,51H,4-15,17-18,20-24,27,29,31-50H2,1-3H3/b19-16-,26-25-,30-28-/t51-/m0/s1. The van der Waals surface area contributed by atoms with Crippen LogP contribution >= 0.6 is 0 Å². The summed E-state index contributed by atoms with van der Waals surface area (Å²) in [6.45, 7) is 6.61. The molecule has 60 heavy (non-hydrogen) atoms. The van der Waals surface area contributed by atoms with E-state index in [-0.39, 0.29) is 31.1 Å². The van der Waals surface area contributed by atoms with Gasteiger partial charge in [-0.25, -0.2) is 0 Å². The van der Waals surface area contributed by atoms with Crippen molar-refractivity contribution in [3.8, 4) is 0 Å². The van der Waals surface area contributed by atoms with E-state index in [0.29, 0.717) is 19.3 Å². The Balaban J connectivity index is 4.38. The molecule has 0 aliphatic rings. The summed E-state index contributed by atoms with van der Waals surface area (Å²) in [5.74, 6) is -0.887. The number of carbonyl (C=O) groups excluding carboxylic acids is 3. The van der Waals surface area contributed by atoms with E-state index in [1.807, 2.05) is 0 Å². The van der Waals surface area contributed by atoms with Gasteiger partial charge in [-0.05, 0) is 57.8 Å². The molecular formula is C54H98O6. The first kappa shape index (κ1) is 57.6. The molecule has 0 saturated heterocycles. The van der Waals surface area contributed by atoms with Crippen molar-refractivity contribution >= 4 is 17.9 Å². The van der Waals surface area contributed by atoms with Crippen LogP contribution in [0.5, 0.6) is 0 Å². The molecule has 0 bridgehead atoms. The Bertz CT molecular complexity index is 1020. The van der Waals surface area contributed by atoms with Gasteiger partial charge in [-0.2, -0.15) is 0 Å². The average molecular weight is 843 g/mol. The van der Waals surface area contributed by atoms with Crippen molar-refractivity contribution in [3.63, 3.8) is 0 Å². The van der Waals surface area contributed by atoms with Crippen molar-refractivity contribution in [1.82, 2.24) is 0 Å². The van der Waals surface area contributed by atoms with Crippen molar-refractivity contribution in [2.45, 2.75) is 277 Å². The van der Waals surface area contributed by atoms with Gasteiger partial charge in [0.05, 0.1) is 0 Å². The molecule has 0 unspecified atom stereocenters. The molecule has 0 aromatic carbocycles. The molecule has 6 heteroatoms. The van der Waals surface area contributed by atoms with Gasteiger partial charge in [-0.1, -0.05) is 231 Å². The second-order valence-electron chi connectivity index (χ2n) is 17.4. The maximum absolute atomic E-state index is 12.8. The smallest absolute Gasteiger partial charge is 0.306 e. The highest BCUT2D eigenvalue weighted by Crippen LogP contribution is 2.16. The molecule has 0 fully saturated rings. The van der Waals surface area contributed by atoms with E-state index in [9.17, 15) is 14.4 Å². The zero-order valence-corrected chi connectivity index (χ0v) is 40.0. The van der Waals surface area contributed by atoms with Gasteiger partial charge in [0.2, 0.25) is 0 Å². The third kappa shape index (κ3) is 46.7. The lowest BCUT2D eigenvalue weighted by Crippen LogP contribution is -2.30. The highest BCUT2D eigenvalue weighted by atomic mass is 16.6. The fourth-order valence-electron chi connectivity index (χ4n) is 7.45. The largest absolute Gasteiger partial charge is 0.462 e. The SMILES string of the molecule is CCCCC/C=C\C/C=C\C/C=C\CCCCCCC(=O)OC[C@H](COC(=O)CCCCCCCCCCCCCC)OC(=O)CCCCCCCCCCCCCCC. The van der Waals surface area contributed by atoms with Crippen LogP contribution in [-0.2, 0) is 28.6 Å². The lowest BCUT2D eigenvalue weighted by molar-refractivity contribution is -0.167. The molecule has 0 rings (SSSR count). The summed E-state index contributed by atoms with van der Waals surface area (Å²) in [7, 11) is 0. The molecule has 0 amide bonds. The van der Waals surface area contributed by atoms with Gasteiger partial charge in [0.25, 0.3) is 0 Å². The molecule has 0 saturated carbocycles. The predicted molar refractivity (Wildman–Crippen MR) is 256 cm³/mol. The van der Waals surface area contributed by atoms with Crippen molar-refractivity contribution in [2.75, 3.05) is 13.2 Å². The zero-order valence-electron chi connectivity index (χ0n) is 40.0. The minimum absolute atomic E-state index is 0.0752. The normalized spacial score (nSPS) is 12.2. The summed E-state index contributed by atoms with van der Waals surface area (Å²) >= 11 is 0. The first-order valence-electron chi connectivity index (χ1n) is 26.0. The Morgan fingerprint density at radius 3 is 0.967 bits per heavy atom. The molecule has 350 valence electrons. The minimum Gasteiger partial charge on any atom is -0.462 e. The molecule has 0 N–H and O–H groups in total. The van der Waals surface area contributed by atoms with Crippen molar-refractivity contribution in [1.29, 1.82) is 0 Å². The Labute approximate surface area is 372 Å². The van der Waals surface area contributed by atoms with E-state index in [1.54, 1.807) is 0 Å². The highest BCUT2D eigenvalue weighted by molar-refractivity contribution is 5.71. The quantitative estimate of drug-likeness (QED) is 0.0263. The van der Waals surface area contributed by atoms with Crippen LogP contribution in [0.15, 0.2) is 36.5 Å². The average Bonchev–Trinajstić information content (AvgIpc) is 3.24. The molecule has 0 heterocycles. The maximum atomic E-state index is 12.8. The van der Waals surface area contributed by atoms with Gasteiger partial charge < -0.3 is 14.2 Å². The number of hydrogen-bond donors (Lipinski definition) is 0. The summed E-state index contributed by atoms with van der Waals surface area (Å²) in [5.41, 5.74) is 0. The Kier molecular flexibility index (Phi) is 47.3. The van der Waals surface area contributed by atoms with E-state index in [4.69, 9.17) is 14.2 Å². The highest BCUT2D eigenvalue weighted by Gasteiger charge is 2.19. The van der Waals surface area contributed by atoms with Crippen LogP contribution in [0.3, 0.4) is 0 Å². The fraction of sp³-hybridized carbons (Fsp3) is 0.833. The Hall–Kier alpha value is -2.37. The van der Waals surface area contributed by atoms with E-state index in [0.717, 1.165) is 83.5 Å². The Morgan fingerprint density at radius 2 is 0.600 bits per heavy atom. The van der Waals surface area contributed by atoms with Gasteiger partial charge in [-0.3, -0.25) is 14.4 Å². The van der Waals surface area contributed by atoms with Crippen molar-refractivity contribution in [2.24, 2.45) is 0 Å². The number of rotatable bonds is 47. The van der Waals surface area contributed by atoms with Crippen LogP contribution in [0.4, 0.5) is 0 Å². The van der Waals surface area contributed by atoms with Gasteiger partial charge in [0, 0.05) is 19.3 Å². The molecular weight excluding hydrogens is 745 g/mol. The van der Waals surface area contributed by atoms with E-state index in [1.165, 1.54) is 148 Å². The molecule has 0 spiro atoms. The summed E-state index contributed by atoms with van der Waals surface area (Å²) in [5, 5.41) is 0. The van der Waals surface area contributed by atoms with Crippen LogP contribution in [0.1, 0.15) is 271 Å². The van der Waals surface area contributed by atoms with Gasteiger partial charge in [0.15, 0.2) is 6.10 Å². The summed E-state index contributed by atoms with van der Waals surface area (Å²) in [4.78, 5) is 37.9. The van der Waals surface area contributed by atoms with E-state index < -0.39 is 6.10 Å². The fourth-order valence-corrected chi connectivity index (χ4v) is 7.45. The molecule has 0 aromatic heterocycles. The second kappa shape index (κ2) is 49.3. The van der Waals surface area contributed by atoms with Crippen LogP contribution < -0.4 is 0 Å². The first-order chi connectivity index (χ1) is 29.5. The van der Waals surface area contributed by atoms with Gasteiger partial charge >= 0.3 is 17.9 Å². The van der Waals surface area contributed by atoms with Gasteiger partial charge in [0.1, 0.15) is 13.2 Å². The van der Waals surface area contributed by atoms with Crippen molar-refractivity contribution in [3.05, 3.63) is 36.5 Å². The molecule has 0 radical (unpaired) electrons. The van der Waals surface area contributed by atoms with Crippen LogP contribution in [0.25, 0.3) is 0 Å². The molecule has 0 aromatic rings. The zero-order chi connectivity index (χ0) is 43.7. The number of ether oxygens (including phenoxy) is 3. The van der Waals surface area contributed by atoms with E-state index in [2.05, 4.69) is 57.2 Å². The van der Waals surface area contributed by atoms with Crippen LogP contribution in [-0.4, -0.2) is 37.2 Å². The monoisotopic (exact) mass is 843 g/mol. The number of esters is 3. The number of hydrogen-bond acceptors (Lipinski definition) is 6. The predicted octanol–water partition coefficient (Wildman–Crippen LogP) is 16.9. The summed E-state index contributed by atoms with van der Waals surface area (Å²) < 4.78 is 16.8. The van der Waals surface area contributed by atoms with E-state index >= 15 is 0 Å². The van der Waals surface area contributed by atoms with Crippen molar-refractivity contribution < 1.29 is 28.6 Å². The minimum atomic E-state index is -0.775. The maximum Gasteiger partial charge on any atom is 0.306 e. The molecule has 0 aliphatic carbocycles. The van der Waals surface area contributed by atoms with Gasteiger partial charge in [-0.15, -0.1) is 0 Å². The van der Waals surface area contributed by atoms with Crippen LogP contribution in [0, 0.1) is 0 Å². The summed E-state index contributed by atoms with van der Waals surface area (Å²) in [6, 6.07) is 0. The lowest BCUT2D eigenvalue weighted by atomic mass is 10.0. The first-order valence-corrected chi connectivity index (χ1v) is 26.0. The number of carbonyl (C=O) groups is 3. The molecule has 1 atom stereocenters. The number of unbranched alkanes of at least 4 members (excludes halogenated alkanes) is 30. The third-order valence-electron chi connectivity index (χ3n) is 11.4. The topological polar surface area (TPSA) is 78.9 Å². The molecule has 6 nitrogen and oxygen atoms in total. The second-order valence-corrected chi connectivity index (χ2v) is 17.4. The third-order valence-corrected chi connectivity index (χ3v) is 11.4. The lowest BCUT2D eigenvalue weighted by Gasteiger charge is -2.18. The summed E-state index contributed by atoms with van der Waals surface area (Å²) in [6.07, 6.45) is 56.9. The van der Waals surface area contributed by atoms with Crippen LogP contribution in [0.2, 0.25) is 0 Å². The molecule has 0 aliphatic heterocycles. The number of allylic oxidation sites excluding steroid dienone is 6. The Morgan fingerprint density at radius 1 is 0.333 bits per heavy atom.